The summed E-state index contributed by atoms with van der Waals surface area (Å²) in [6, 6.07) is 15.8. The van der Waals surface area contributed by atoms with E-state index in [0.717, 1.165) is 34.1 Å². The fourth-order valence-electron chi connectivity index (χ4n) is 3.20. The summed E-state index contributed by atoms with van der Waals surface area (Å²) >= 11 is 1.72. The minimum absolute atomic E-state index is 0.00359. The number of carbonyl (C=O) groups excluding carboxylic acids is 1. The van der Waals surface area contributed by atoms with Crippen molar-refractivity contribution < 1.29 is 10.1 Å². The van der Waals surface area contributed by atoms with Crippen LogP contribution in [0.1, 0.15) is 10.4 Å². The summed E-state index contributed by atoms with van der Waals surface area (Å²) in [7, 11) is 0. The number of hydrogen-bond acceptors (Lipinski definition) is 4. The number of nitrogens with one attached hydrogen (secondary N) is 1. The van der Waals surface area contributed by atoms with Gasteiger partial charge in [-0.2, -0.15) is 0 Å². The van der Waals surface area contributed by atoms with Gasteiger partial charge in [0.1, 0.15) is 6.54 Å². The van der Waals surface area contributed by atoms with Crippen LogP contribution in [0.3, 0.4) is 0 Å². The average Bonchev–Trinajstić information content (AvgIpc) is 2.98. The van der Waals surface area contributed by atoms with Gasteiger partial charge >= 0.3 is 0 Å². The highest BCUT2D eigenvalue weighted by atomic mass is 32.2. The number of quaternary nitrogens is 1. The molecule has 2 aromatic carbocycles. The molecule has 2 heterocycles. The van der Waals surface area contributed by atoms with Gasteiger partial charge in [0.15, 0.2) is 0 Å². The van der Waals surface area contributed by atoms with E-state index in [1.807, 2.05) is 53.4 Å². The van der Waals surface area contributed by atoms with E-state index in [2.05, 4.69) is 10.6 Å². The zero-order valence-corrected chi connectivity index (χ0v) is 13.4. The number of fused-ring (bicyclic) bond motifs is 2. The highest BCUT2D eigenvalue weighted by Crippen LogP contribution is 2.30. The van der Waals surface area contributed by atoms with Gasteiger partial charge in [-0.3, -0.25) is 9.69 Å². The molecule has 5 nitrogen and oxygen atoms in total. The molecule has 1 fully saturated rings. The zero-order valence-electron chi connectivity index (χ0n) is 12.6. The lowest BCUT2D eigenvalue weighted by Gasteiger charge is -2.32. The second-order valence-electron chi connectivity index (χ2n) is 5.82. The molecule has 2 aromatic rings. The number of nitrogen functional groups attached to an aromatic ring is 1. The lowest BCUT2D eigenvalue weighted by molar-refractivity contribution is -0.672. The average molecular weight is 327 g/mol. The monoisotopic (exact) mass is 327 g/mol. The standard InChI is InChI=1S/C17H18N4OS/c18-13-6-2-4-8-15(13)23-10-11-9-19-17-20-14-7-3-1-5-12(14)16(22)21(11)17/h1-8,11,17,19-20H,9-10,18H2/p+1/t11-,17+/m1/s1. The third-order valence-electron chi connectivity index (χ3n) is 4.37. The van der Waals surface area contributed by atoms with Crippen LogP contribution >= 0.6 is 11.8 Å². The molecule has 118 valence electrons. The van der Waals surface area contributed by atoms with Crippen LogP contribution < -0.4 is 16.4 Å². The molecule has 1 amide bonds. The molecule has 0 aromatic heterocycles. The van der Waals surface area contributed by atoms with Crippen LogP contribution in [0.15, 0.2) is 53.4 Å². The van der Waals surface area contributed by atoms with Crippen molar-refractivity contribution in [2.45, 2.75) is 17.2 Å². The van der Waals surface area contributed by atoms with E-state index in [1.165, 1.54) is 0 Å². The molecule has 5 N–H and O–H groups in total. The van der Waals surface area contributed by atoms with E-state index in [4.69, 9.17) is 5.73 Å². The first-order valence-electron chi connectivity index (χ1n) is 7.73. The highest BCUT2D eigenvalue weighted by molar-refractivity contribution is 7.99. The lowest BCUT2D eigenvalue weighted by atomic mass is 10.1. The minimum atomic E-state index is -0.00359. The SMILES string of the molecule is Nc1ccccc1SC[C@H]1C[NH2+][C@H]2Nc3ccccc3C(=O)N12. The van der Waals surface area contributed by atoms with Crippen LogP contribution in [0.2, 0.25) is 0 Å². The fraction of sp³-hybridized carbons (Fsp3) is 0.235. The third kappa shape index (κ3) is 2.54. The molecule has 6 heteroatoms. The fourth-order valence-corrected chi connectivity index (χ4v) is 4.28. The van der Waals surface area contributed by atoms with E-state index >= 15 is 0 Å². The summed E-state index contributed by atoms with van der Waals surface area (Å²) < 4.78 is 0. The number of rotatable bonds is 3. The predicted molar refractivity (Wildman–Crippen MR) is 92.2 cm³/mol. The molecule has 2 aliphatic heterocycles. The van der Waals surface area contributed by atoms with Crippen LogP contribution in [0.25, 0.3) is 0 Å². The molecule has 0 radical (unpaired) electrons. The van der Waals surface area contributed by atoms with Crippen molar-refractivity contribution in [2.75, 3.05) is 23.3 Å². The summed E-state index contributed by atoms with van der Waals surface area (Å²) in [5, 5.41) is 5.63. The quantitative estimate of drug-likeness (QED) is 0.584. The number of thioether (sulfide) groups is 1. The largest absolute Gasteiger partial charge is 0.398 e. The van der Waals surface area contributed by atoms with Gasteiger partial charge in [-0.05, 0) is 24.3 Å². The first-order chi connectivity index (χ1) is 11.2. The molecule has 2 atom stereocenters. The van der Waals surface area contributed by atoms with Gasteiger partial charge in [0.2, 0.25) is 6.29 Å². The van der Waals surface area contributed by atoms with Crippen LogP contribution in [0.5, 0.6) is 0 Å². The van der Waals surface area contributed by atoms with Gasteiger partial charge in [-0.15, -0.1) is 11.8 Å². The molecule has 0 bridgehead atoms. The zero-order chi connectivity index (χ0) is 15.8. The number of hydrogen-bond donors (Lipinski definition) is 3. The summed E-state index contributed by atoms with van der Waals surface area (Å²) in [6.45, 7) is 0.900. The Morgan fingerprint density at radius 3 is 2.87 bits per heavy atom. The summed E-state index contributed by atoms with van der Waals surface area (Å²) in [4.78, 5) is 15.9. The van der Waals surface area contributed by atoms with Crippen molar-refractivity contribution in [3.05, 3.63) is 54.1 Å². The Kier molecular flexibility index (Phi) is 3.63. The smallest absolute Gasteiger partial charge is 0.262 e. The predicted octanol–water partition coefficient (Wildman–Crippen LogP) is 1.16. The van der Waals surface area contributed by atoms with Gasteiger partial charge in [-0.1, -0.05) is 24.3 Å². The van der Waals surface area contributed by atoms with Crippen LogP contribution in [-0.4, -0.2) is 35.4 Å². The van der Waals surface area contributed by atoms with Crippen molar-refractivity contribution in [2.24, 2.45) is 0 Å². The van der Waals surface area contributed by atoms with Gasteiger partial charge < -0.3 is 16.4 Å². The van der Waals surface area contributed by atoms with Crippen molar-refractivity contribution in [3.8, 4) is 0 Å². The topological polar surface area (TPSA) is 75.0 Å². The van der Waals surface area contributed by atoms with E-state index < -0.39 is 0 Å². The normalized spacial score (nSPS) is 22.4. The first kappa shape index (κ1) is 14.4. The van der Waals surface area contributed by atoms with Gasteiger partial charge in [0.25, 0.3) is 5.91 Å². The molecular formula is C17H19N4OS+. The van der Waals surface area contributed by atoms with Crippen molar-refractivity contribution in [1.82, 2.24) is 4.90 Å². The number of benzene rings is 2. The van der Waals surface area contributed by atoms with E-state index in [0.29, 0.717) is 0 Å². The Morgan fingerprint density at radius 1 is 1.22 bits per heavy atom. The number of anilines is 2. The maximum absolute atomic E-state index is 12.8. The maximum atomic E-state index is 12.8. The molecule has 0 spiro atoms. The number of nitrogens with two attached hydrogens (primary N) is 2. The first-order valence-corrected chi connectivity index (χ1v) is 8.71. The number of para-hydroxylation sites is 2. The van der Waals surface area contributed by atoms with Gasteiger partial charge in [0, 0.05) is 16.3 Å². The van der Waals surface area contributed by atoms with Crippen molar-refractivity contribution >= 4 is 29.0 Å². The van der Waals surface area contributed by atoms with E-state index in [9.17, 15) is 4.79 Å². The van der Waals surface area contributed by atoms with Crippen LogP contribution in [-0.2, 0) is 0 Å². The Bertz CT molecular complexity index is 751. The Hall–Kier alpha value is -2.18. The van der Waals surface area contributed by atoms with Crippen LogP contribution in [0.4, 0.5) is 11.4 Å². The molecule has 0 unspecified atom stereocenters. The van der Waals surface area contributed by atoms with Crippen LogP contribution in [0, 0.1) is 0 Å². The highest BCUT2D eigenvalue weighted by Gasteiger charge is 2.44. The molecule has 0 saturated carbocycles. The molecule has 4 rings (SSSR count). The molecule has 23 heavy (non-hydrogen) atoms. The van der Waals surface area contributed by atoms with Gasteiger partial charge in [-0.25, -0.2) is 0 Å². The lowest BCUT2D eigenvalue weighted by Crippen LogP contribution is -2.91. The molecule has 0 aliphatic carbocycles. The Labute approximate surface area is 139 Å². The molecule has 1 saturated heterocycles. The number of amides is 1. The summed E-state index contributed by atoms with van der Waals surface area (Å²) in [5.41, 5.74) is 8.49. The second-order valence-corrected chi connectivity index (χ2v) is 6.88. The third-order valence-corrected chi connectivity index (χ3v) is 5.60. The second kappa shape index (κ2) is 5.79. The Balaban J connectivity index is 1.52. The number of nitrogens with zero attached hydrogens (tertiary/aromatic N) is 1. The summed E-state index contributed by atoms with van der Waals surface area (Å²) in [5.74, 6) is 0.960. The van der Waals surface area contributed by atoms with E-state index in [-0.39, 0.29) is 18.2 Å². The van der Waals surface area contributed by atoms with E-state index in [1.54, 1.807) is 11.8 Å². The minimum Gasteiger partial charge on any atom is -0.398 e. The molecular weight excluding hydrogens is 308 g/mol. The molecule has 2 aliphatic rings. The Morgan fingerprint density at radius 2 is 2.00 bits per heavy atom. The summed E-state index contributed by atoms with van der Waals surface area (Å²) in [6.07, 6.45) is -0.00359. The number of carbonyl (C=O) groups is 1. The van der Waals surface area contributed by atoms with Gasteiger partial charge in [0.05, 0.1) is 17.3 Å². The maximum Gasteiger partial charge on any atom is 0.262 e. The van der Waals surface area contributed by atoms with Crippen molar-refractivity contribution in [1.29, 1.82) is 0 Å². The van der Waals surface area contributed by atoms with Crippen molar-refractivity contribution in [3.63, 3.8) is 0 Å².